The van der Waals surface area contributed by atoms with Crippen LogP contribution < -0.4 is 14.8 Å². The van der Waals surface area contributed by atoms with E-state index < -0.39 is 0 Å². The molecule has 3 rings (SSSR count). The van der Waals surface area contributed by atoms with Gasteiger partial charge in [0.25, 0.3) is 5.91 Å². The zero-order valence-electron chi connectivity index (χ0n) is 14.0. The third-order valence-electron chi connectivity index (χ3n) is 3.73. The first-order valence-corrected chi connectivity index (χ1v) is 7.75. The lowest BCUT2D eigenvalue weighted by atomic mass is 10.1. The van der Waals surface area contributed by atoms with Gasteiger partial charge in [-0.1, -0.05) is 30.3 Å². The second-order valence-corrected chi connectivity index (χ2v) is 5.35. The van der Waals surface area contributed by atoms with Crippen molar-refractivity contribution in [1.82, 2.24) is 4.98 Å². The number of hydrogen-bond donors (Lipinski definition) is 1. The summed E-state index contributed by atoms with van der Waals surface area (Å²) >= 11 is 0. The number of rotatable bonds is 5. The highest BCUT2D eigenvalue weighted by molar-refractivity contribution is 6.04. The van der Waals surface area contributed by atoms with Crippen LogP contribution in [-0.4, -0.2) is 25.1 Å². The quantitative estimate of drug-likeness (QED) is 0.765. The summed E-state index contributed by atoms with van der Waals surface area (Å²) in [4.78, 5) is 16.8. The van der Waals surface area contributed by atoms with E-state index in [9.17, 15) is 4.79 Å². The maximum Gasteiger partial charge on any atom is 0.257 e. The Hall–Kier alpha value is -3.34. The van der Waals surface area contributed by atoms with Crippen molar-refractivity contribution < 1.29 is 14.3 Å². The van der Waals surface area contributed by atoms with Gasteiger partial charge in [-0.3, -0.25) is 4.79 Å². The minimum absolute atomic E-state index is 0.280. The molecule has 0 spiro atoms. The van der Waals surface area contributed by atoms with Crippen LogP contribution in [0.15, 0.2) is 66.9 Å². The maximum absolute atomic E-state index is 12.4. The number of carbonyl (C=O) groups is 1. The first-order chi connectivity index (χ1) is 12.2. The highest BCUT2D eigenvalue weighted by Crippen LogP contribution is 2.23. The van der Waals surface area contributed by atoms with Crippen LogP contribution in [0.3, 0.4) is 0 Å². The van der Waals surface area contributed by atoms with Crippen molar-refractivity contribution in [2.45, 2.75) is 0 Å². The van der Waals surface area contributed by atoms with Gasteiger partial charge < -0.3 is 14.8 Å². The van der Waals surface area contributed by atoms with Gasteiger partial charge in [0.2, 0.25) is 0 Å². The molecule has 1 amide bonds. The number of nitrogens with zero attached hydrogens (tertiary/aromatic N) is 1. The van der Waals surface area contributed by atoms with Crippen molar-refractivity contribution in [3.63, 3.8) is 0 Å². The van der Waals surface area contributed by atoms with E-state index in [0.29, 0.717) is 22.9 Å². The molecule has 0 saturated carbocycles. The van der Waals surface area contributed by atoms with Gasteiger partial charge in [-0.2, -0.15) is 0 Å². The van der Waals surface area contributed by atoms with Crippen LogP contribution >= 0.6 is 0 Å². The van der Waals surface area contributed by atoms with E-state index in [4.69, 9.17) is 9.47 Å². The van der Waals surface area contributed by atoms with E-state index >= 15 is 0 Å². The van der Waals surface area contributed by atoms with Gasteiger partial charge in [0.05, 0.1) is 14.2 Å². The summed E-state index contributed by atoms with van der Waals surface area (Å²) in [7, 11) is 3.08. The van der Waals surface area contributed by atoms with Crippen LogP contribution in [0.5, 0.6) is 11.5 Å². The number of ether oxygens (including phenoxy) is 2. The van der Waals surface area contributed by atoms with Gasteiger partial charge >= 0.3 is 0 Å². The smallest absolute Gasteiger partial charge is 0.257 e. The summed E-state index contributed by atoms with van der Waals surface area (Å²) in [5, 5.41) is 2.78. The van der Waals surface area contributed by atoms with Gasteiger partial charge in [0, 0.05) is 23.4 Å². The predicted octanol–water partition coefficient (Wildman–Crippen LogP) is 4.02. The molecule has 3 aromatic rings. The van der Waals surface area contributed by atoms with E-state index in [0.717, 1.165) is 11.1 Å². The summed E-state index contributed by atoms with van der Waals surface area (Å²) < 4.78 is 10.4. The van der Waals surface area contributed by atoms with Gasteiger partial charge in [0.15, 0.2) is 0 Å². The van der Waals surface area contributed by atoms with Crippen LogP contribution in [0.1, 0.15) is 10.4 Å². The lowest BCUT2D eigenvalue weighted by Gasteiger charge is -2.09. The van der Waals surface area contributed by atoms with E-state index in [1.807, 2.05) is 36.4 Å². The van der Waals surface area contributed by atoms with E-state index in [2.05, 4.69) is 10.3 Å². The molecule has 2 aromatic carbocycles. The highest BCUT2D eigenvalue weighted by Gasteiger charge is 2.11. The molecule has 0 unspecified atom stereocenters. The van der Waals surface area contributed by atoms with Crippen LogP contribution in [0.2, 0.25) is 0 Å². The molecule has 126 valence electrons. The van der Waals surface area contributed by atoms with E-state index in [1.165, 1.54) is 0 Å². The van der Waals surface area contributed by atoms with Crippen molar-refractivity contribution in [2.75, 3.05) is 19.5 Å². The SMILES string of the molecule is COc1cc(OC)cc(C(=O)Nc2ccc(-c3ccccc3)cn2)c1. The minimum atomic E-state index is -0.280. The maximum atomic E-state index is 12.4. The highest BCUT2D eigenvalue weighted by atomic mass is 16.5. The van der Waals surface area contributed by atoms with Crippen LogP contribution in [-0.2, 0) is 0 Å². The fraction of sp³-hybridized carbons (Fsp3) is 0.100. The number of methoxy groups -OCH3 is 2. The molecule has 0 fully saturated rings. The Labute approximate surface area is 146 Å². The Morgan fingerprint density at radius 1 is 0.880 bits per heavy atom. The second-order valence-electron chi connectivity index (χ2n) is 5.35. The van der Waals surface area contributed by atoms with Crippen LogP contribution in [0.25, 0.3) is 11.1 Å². The van der Waals surface area contributed by atoms with Crippen molar-refractivity contribution in [3.05, 3.63) is 72.4 Å². The molecule has 0 aliphatic carbocycles. The Morgan fingerprint density at radius 3 is 2.12 bits per heavy atom. The molecule has 0 aliphatic rings. The Balaban J connectivity index is 1.77. The summed E-state index contributed by atoms with van der Waals surface area (Å²) in [6.45, 7) is 0. The third kappa shape index (κ3) is 3.95. The second kappa shape index (κ2) is 7.49. The van der Waals surface area contributed by atoms with Gasteiger partial charge in [0.1, 0.15) is 17.3 Å². The average molecular weight is 334 g/mol. The first kappa shape index (κ1) is 16.5. The number of carbonyl (C=O) groups excluding carboxylic acids is 1. The fourth-order valence-corrected chi connectivity index (χ4v) is 2.40. The summed E-state index contributed by atoms with van der Waals surface area (Å²) in [6, 6.07) is 18.6. The number of pyridine rings is 1. The largest absolute Gasteiger partial charge is 0.497 e. The van der Waals surface area contributed by atoms with E-state index in [1.54, 1.807) is 44.7 Å². The van der Waals surface area contributed by atoms with Gasteiger partial charge in [-0.25, -0.2) is 4.98 Å². The number of hydrogen-bond acceptors (Lipinski definition) is 4. The Morgan fingerprint density at radius 2 is 1.56 bits per heavy atom. The number of nitrogens with one attached hydrogen (secondary N) is 1. The number of anilines is 1. The topological polar surface area (TPSA) is 60.5 Å². The molecule has 1 N–H and O–H groups in total. The molecule has 0 saturated heterocycles. The van der Waals surface area contributed by atoms with Crippen molar-refractivity contribution >= 4 is 11.7 Å². The summed E-state index contributed by atoms with van der Waals surface area (Å²) in [5.41, 5.74) is 2.50. The number of amides is 1. The van der Waals surface area contributed by atoms with Crippen LogP contribution in [0, 0.1) is 0 Å². The van der Waals surface area contributed by atoms with Crippen LogP contribution in [0.4, 0.5) is 5.82 Å². The molecule has 0 aliphatic heterocycles. The molecular weight excluding hydrogens is 316 g/mol. The standard InChI is InChI=1S/C20H18N2O3/c1-24-17-10-16(11-18(12-17)25-2)20(23)22-19-9-8-15(13-21-19)14-6-4-3-5-7-14/h3-13H,1-2H3,(H,21,22,23). The molecule has 1 aromatic heterocycles. The molecule has 0 radical (unpaired) electrons. The minimum Gasteiger partial charge on any atom is -0.497 e. The molecular formula is C20H18N2O3. The van der Waals surface area contributed by atoms with Crippen molar-refractivity contribution in [3.8, 4) is 22.6 Å². The molecule has 0 bridgehead atoms. The first-order valence-electron chi connectivity index (χ1n) is 7.75. The van der Waals surface area contributed by atoms with Gasteiger partial charge in [-0.15, -0.1) is 0 Å². The lowest BCUT2D eigenvalue weighted by Crippen LogP contribution is -2.13. The zero-order valence-corrected chi connectivity index (χ0v) is 14.0. The zero-order chi connectivity index (χ0) is 17.6. The average Bonchev–Trinajstić information content (AvgIpc) is 2.68. The summed E-state index contributed by atoms with van der Waals surface area (Å²) in [5.74, 6) is 1.30. The van der Waals surface area contributed by atoms with Crippen molar-refractivity contribution in [2.24, 2.45) is 0 Å². The molecule has 5 nitrogen and oxygen atoms in total. The van der Waals surface area contributed by atoms with E-state index in [-0.39, 0.29) is 5.91 Å². The molecule has 1 heterocycles. The molecule has 0 atom stereocenters. The fourth-order valence-electron chi connectivity index (χ4n) is 2.40. The summed E-state index contributed by atoms with van der Waals surface area (Å²) in [6.07, 6.45) is 1.73. The lowest BCUT2D eigenvalue weighted by molar-refractivity contribution is 0.102. The monoisotopic (exact) mass is 334 g/mol. The third-order valence-corrected chi connectivity index (χ3v) is 3.73. The normalized spacial score (nSPS) is 10.2. The molecule has 5 heteroatoms. The predicted molar refractivity (Wildman–Crippen MR) is 97.2 cm³/mol. The molecule has 25 heavy (non-hydrogen) atoms. The Kier molecular flexibility index (Phi) is 4.95. The van der Waals surface area contributed by atoms with Crippen molar-refractivity contribution in [1.29, 1.82) is 0 Å². The number of aromatic nitrogens is 1. The Bertz CT molecular complexity index is 840. The number of benzene rings is 2. The van der Waals surface area contributed by atoms with Gasteiger partial charge in [-0.05, 0) is 29.8 Å².